The van der Waals surface area contributed by atoms with Crippen molar-refractivity contribution in [1.29, 1.82) is 0 Å². The Morgan fingerprint density at radius 1 is 0.654 bits per heavy atom. The van der Waals surface area contributed by atoms with Gasteiger partial charge in [-0.1, -0.05) is 104 Å². The molecule has 0 aromatic rings. The van der Waals surface area contributed by atoms with Crippen LogP contribution >= 0.6 is 0 Å². The van der Waals surface area contributed by atoms with Crippen LogP contribution in [0.4, 0.5) is 0 Å². The van der Waals surface area contributed by atoms with Crippen LogP contribution in [0, 0.1) is 0 Å². The summed E-state index contributed by atoms with van der Waals surface area (Å²) >= 11 is 0. The molecule has 5 heteroatoms. The van der Waals surface area contributed by atoms with E-state index in [1.165, 1.54) is 51.4 Å². The summed E-state index contributed by atoms with van der Waals surface area (Å²) in [6, 6.07) is 0. The highest BCUT2D eigenvalue weighted by Gasteiger charge is 2.25. The van der Waals surface area contributed by atoms with Crippen LogP contribution in [0.2, 0.25) is 0 Å². The summed E-state index contributed by atoms with van der Waals surface area (Å²) in [5, 5.41) is 9.33. The molecule has 0 heterocycles. The van der Waals surface area contributed by atoms with E-state index in [2.05, 4.69) is 13.8 Å². The second-order valence-corrected chi connectivity index (χ2v) is 9.54. The maximum Gasteiger partial charge on any atom is 0.267 e. The lowest BCUT2D eigenvalue weighted by Crippen LogP contribution is -2.26. The minimum Gasteiger partial charge on any atom is -0.393 e. The van der Waals surface area contributed by atoms with Crippen molar-refractivity contribution in [2.45, 2.75) is 134 Å². The van der Waals surface area contributed by atoms with Crippen molar-refractivity contribution < 1.29 is 18.1 Å². The first-order valence-corrected chi connectivity index (χ1v) is 12.6. The van der Waals surface area contributed by atoms with Crippen LogP contribution < -0.4 is 0 Å². The minimum absolute atomic E-state index is 0.169. The third-order valence-electron chi connectivity index (χ3n) is 5.23. The molecule has 0 rings (SSSR count). The molecule has 2 N–H and O–H groups in total. The third-order valence-corrected chi connectivity index (χ3v) is 6.50. The molecule has 2 atom stereocenters. The number of aliphatic hydroxyl groups excluding tert-OH is 1. The van der Waals surface area contributed by atoms with Gasteiger partial charge < -0.3 is 5.11 Å². The van der Waals surface area contributed by atoms with E-state index in [0.717, 1.165) is 38.5 Å². The van der Waals surface area contributed by atoms with Gasteiger partial charge in [-0.2, -0.15) is 8.42 Å². The summed E-state index contributed by atoms with van der Waals surface area (Å²) in [4.78, 5) is 0. The average molecular weight is 393 g/mol. The number of rotatable bonds is 19. The molecule has 0 amide bonds. The molecule has 0 aliphatic carbocycles. The number of aliphatic hydroxyl groups is 1. The number of hydrogen-bond acceptors (Lipinski definition) is 3. The molecule has 0 aromatic heterocycles. The molecule has 0 spiro atoms. The number of unbranched alkanes of at least 4 members (excludes halogenated alkanes) is 12. The van der Waals surface area contributed by atoms with Crippen LogP contribution in [-0.2, 0) is 10.1 Å². The van der Waals surface area contributed by atoms with E-state index in [4.69, 9.17) is 0 Å². The second kappa shape index (κ2) is 17.0. The molecular formula is C21H44O4S. The molecule has 158 valence electrons. The average Bonchev–Trinajstić information content (AvgIpc) is 2.58. The van der Waals surface area contributed by atoms with Crippen molar-refractivity contribution in [2.24, 2.45) is 0 Å². The Hall–Kier alpha value is -0.130. The van der Waals surface area contributed by atoms with E-state index >= 15 is 0 Å². The van der Waals surface area contributed by atoms with E-state index in [1.807, 2.05) is 0 Å². The molecule has 0 radical (unpaired) electrons. The zero-order chi connectivity index (χ0) is 19.7. The first kappa shape index (κ1) is 25.9. The molecule has 0 aliphatic heterocycles. The van der Waals surface area contributed by atoms with Crippen molar-refractivity contribution in [2.75, 3.05) is 0 Å². The van der Waals surface area contributed by atoms with Gasteiger partial charge in [0.05, 0.1) is 11.4 Å². The van der Waals surface area contributed by atoms with E-state index < -0.39 is 21.5 Å². The normalized spacial score (nSPS) is 14.5. The molecule has 0 aliphatic rings. The van der Waals surface area contributed by atoms with Gasteiger partial charge in [0, 0.05) is 0 Å². The summed E-state index contributed by atoms with van der Waals surface area (Å²) in [6.45, 7) is 4.34. The Kier molecular flexibility index (Phi) is 16.9. The van der Waals surface area contributed by atoms with Crippen molar-refractivity contribution >= 4 is 10.1 Å². The Balaban J connectivity index is 3.77. The van der Waals surface area contributed by atoms with Crippen LogP contribution in [0.15, 0.2) is 0 Å². The minimum atomic E-state index is -4.06. The zero-order valence-electron chi connectivity index (χ0n) is 17.3. The quantitative estimate of drug-likeness (QED) is 0.200. The summed E-state index contributed by atoms with van der Waals surface area (Å²) in [7, 11) is -4.06. The van der Waals surface area contributed by atoms with Crippen LogP contribution in [0.1, 0.15) is 123 Å². The smallest absolute Gasteiger partial charge is 0.267 e. The molecule has 26 heavy (non-hydrogen) atoms. The van der Waals surface area contributed by atoms with Crippen molar-refractivity contribution in [1.82, 2.24) is 0 Å². The molecule has 0 bridgehead atoms. The van der Waals surface area contributed by atoms with Gasteiger partial charge in [0.2, 0.25) is 0 Å². The molecule has 0 saturated carbocycles. The van der Waals surface area contributed by atoms with Crippen LogP contribution in [0.3, 0.4) is 0 Å². The highest BCUT2D eigenvalue weighted by atomic mass is 32.2. The van der Waals surface area contributed by atoms with Crippen molar-refractivity contribution in [3.05, 3.63) is 0 Å². The maximum absolute atomic E-state index is 11.5. The van der Waals surface area contributed by atoms with Gasteiger partial charge in [-0.15, -0.1) is 0 Å². The fraction of sp³-hybridized carbons (Fsp3) is 1.00. The number of hydrogen-bond donors (Lipinski definition) is 2. The monoisotopic (exact) mass is 392 g/mol. The third kappa shape index (κ3) is 16.1. The topological polar surface area (TPSA) is 74.6 Å². The fourth-order valence-electron chi connectivity index (χ4n) is 3.48. The lowest BCUT2D eigenvalue weighted by atomic mass is 10.0. The van der Waals surface area contributed by atoms with E-state index in [-0.39, 0.29) is 6.42 Å². The lowest BCUT2D eigenvalue weighted by Gasteiger charge is -2.18. The predicted octanol–water partition coefficient (Wildman–Crippen LogP) is 6.28. The molecule has 0 fully saturated rings. The van der Waals surface area contributed by atoms with Crippen LogP contribution in [0.25, 0.3) is 0 Å². The molecule has 0 saturated heterocycles. The van der Waals surface area contributed by atoms with Gasteiger partial charge in [0.15, 0.2) is 0 Å². The van der Waals surface area contributed by atoms with Gasteiger partial charge >= 0.3 is 0 Å². The van der Waals surface area contributed by atoms with E-state index in [9.17, 15) is 18.1 Å². The largest absolute Gasteiger partial charge is 0.393 e. The van der Waals surface area contributed by atoms with Gasteiger partial charge in [-0.25, -0.2) is 0 Å². The molecule has 0 aromatic carbocycles. The Morgan fingerprint density at radius 3 is 1.50 bits per heavy atom. The second-order valence-electron chi connectivity index (χ2n) is 7.85. The van der Waals surface area contributed by atoms with Crippen molar-refractivity contribution in [3.63, 3.8) is 0 Å². The maximum atomic E-state index is 11.5. The Bertz CT molecular complexity index is 395. The van der Waals surface area contributed by atoms with Gasteiger partial charge in [0.25, 0.3) is 10.1 Å². The summed E-state index contributed by atoms with van der Waals surface area (Å²) in [5.41, 5.74) is 0. The fourth-order valence-corrected chi connectivity index (χ4v) is 4.41. The van der Waals surface area contributed by atoms with Gasteiger partial charge in [-0.3, -0.25) is 4.55 Å². The van der Waals surface area contributed by atoms with Crippen LogP contribution in [-0.4, -0.2) is 29.4 Å². The lowest BCUT2D eigenvalue weighted by molar-refractivity contribution is 0.146. The zero-order valence-corrected chi connectivity index (χ0v) is 18.1. The highest BCUT2D eigenvalue weighted by Crippen LogP contribution is 2.19. The SMILES string of the molecule is CCCCCCCCCCCCC(O)CC(CCCCCC)S(=O)(=O)O. The summed E-state index contributed by atoms with van der Waals surface area (Å²) in [5.74, 6) is 0. The van der Waals surface area contributed by atoms with E-state index in [0.29, 0.717) is 12.8 Å². The Morgan fingerprint density at radius 2 is 1.04 bits per heavy atom. The standard InChI is InChI=1S/C21H44O4S/c1-3-5-7-9-10-11-12-13-14-15-17-20(22)19-21(26(23,24)25)18-16-8-6-4-2/h20-22H,3-19H2,1-2H3,(H,23,24,25). The van der Waals surface area contributed by atoms with E-state index in [1.54, 1.807) is 0 Å². The van der Waals surface area contributed by atoms with Gasteiger partial charge in [0.1, 0.15) is 0 Å². The first-order valence-electron chi connectivity index (χ1n) is 11.1. The van der Waals surface area contributed by atoms with Crippen molar-refractivity contribution in [3.8, 4) is 0 Å². The molecule has 2 unspecified atom stereocenters. The van der Waals surface area contributed by atoms with Gasteiger partial charge in [-0.05, 0) is 19.3 Å². The first-order chi connectivity index (χ1) is 12.4. The highest BCUT2D eigenvalue weighted by molar-refractivity contribution is 7.86. The molecular weight excluding hydrogens is 348 g/mol. The summed E-state index contributed by atoms with van der Waals surface area (Å²) in [6.07, 6.45) is 17.0. The Labute approximate surface area is 162 Å². The molecule has 4 nitrogen and oxygen atoms in total. The predicted molar refractivity (Wildman–Crippen MR) is 111 cm³/mol. The van der Waals surface area contributed by atoms with Crippen LogP contribution in [0.5, 0.6) is 0 Å². The summed E-state index contributed by atoms with van der Waals surface area (Å²) < 4.78 is 32.4.